The van der Waals surface area contributed by atoms with E-state index in [9.17, 15) is 4.39 Å². The fraction of sp³-hybridized carbons (Fsp3) is 0.455. The first-order valence-electron chi connectivity index (χ1n) is 9.45. The number of nitrogens with one attached hydrogen (secondary N) is 1. The average molecular weight is 380 g/mol. The lowest BCUT2D eigenvalue weighted by atomic mass is 10.1. The van der Waals surface area contributed by atoms with Crippen LogP contribution in [0.15, 0.2) is 48.5 Å². The second kappa shape index (κ2) is 13.6. The Morgan fingerprint density at radius 1 is 0.885 bits per heavy atom. The van der Waals surface area contributed by atoms with Crippen LogP contribution in [-0.4, -0.2) is 6.54 Å². The van der Waals surface area contributed by atoms with Gasteiger partial charge in [-0.2, -0.15) is 0 Å². The largest absolute Gasteiger partial charge is 0.489 e. The van der Waals surface area contributed by atoms with Crippen molar-refractivity contribution in [2.75, 3.05) is 6.54 Å². The van der Waals surface area contributed by atoms with E-state index in [1.807, 2.05) is 12.1 Å². The number of rotatable bonds is 12. The van der Waals surface area contributed by atoms with Gasteiger partial charge in [-0.1, -0.05) is 63.3 Å². The highest BCUT2D eigenvalue weighted by Crippen LogP contribution is 2.15. The Labute approximate surface area is 163 Å². The summed E-state index contributed by atoms with van der Waals surface area (Å²) in [6.45, 7) is 4.63. The Morgan fingerprint density at radius 3 is 2.38 bits per heavy atom. The first-order valence-corrected chi connectivity index (χ1v) is 9.45. The van der Waals surface area contributed by atoms with Gasteiger partial charge in [0.05, 0.1) is 0 Å². The summed E-state index contributed by atoms with van der Waals surface area (Å²) in [5, 5.41) is 3.50. The molecule has 2 nitrogen and oxygen atoms in total. The third-order valence-electron chi connectivity index (χ3n) is 4.25. The maximum absolute atomic E-state index is 12.9. The van der Waals surface area contributed by atoms with E-state index in [0.29, 0.717) is 6.61 Å². The van der Waals surface area contributed by atoms with Crippen molar-refractivity contribution >= 4 is 12.4 Å². The highest BCUT2D eigenvalue weighted by Gasteiger charge is 1.99. The van der Waals surface area contributed by atoms with Gasteiger partial charge < -0.3 is 10.1 Å². The van der Waals surface area contributed by atoms with Gasteiger partial charge in [0.25, 0.3) is 0 Å². The van der Waals surface area contributed by atoms with Crippen LogP contribution >= 0.6 is 12.4 Å². The van der Waals surface area contributed by atoms with Crippen LogP contribution in [0.5, 0.6) is 5.75 Å². The zero-order valence-corrected chi connectivity index (χ0v) is 16.5. The summed E-state index contributed by atoms with van der Waals surface area (Å²) < 4.78 is 18.7. The van der Waals surface area contributed by atoms with E-state index >= 15 is 0 Å². The smallest absolute Gasteiger partial charge is 0.123 e. The van der Waals surface area contributed by atoms with E-state index in [4.69, 9.17) is 4.74 Å². The molecule has 2 rings (SSSR count). The summed E-state index contributed by atoms with van der Waals surface area (Å²) >= 11 is 0. The SMILES string of the molecule is CCCCCCCCNCc1cccc(OCc2ccc(F)cc2)c1.Cl. The lowest BCUT2D eigenvalue weighted by Gasteiger charge is -2.09. The van der Waals surface area contributed by atoms with Crippen LogP contribution in [0.25, 0.3) is 0 Å². The normalized spacial score (nSPS) is 10.4. The van der Waals surface area contributed by atoms with E-state index in [1.165, 1.54) is 56.2 Å². The molecule has 144 valence electrons. The van der Waals surface area contributed by atoms with Crippen molar-refractivity contribution in [2.24, 2.45) is 0 Å². The van der Waals surface area contributed by atoms with Crippen molar-refractivity contribution in [1.82, 2.24) is 5.32 Å². The molecule has 0 aliphatic heterocycles. The van der Waals surface area contributed by atoms with Gasteiger partial charge in [-0.3, -0.25) is 0 Å². The fourth-order valence-corrected chi connectivity index (χ4v) is 2.76. The van der Waals surface area contributed by atoms with Crippen LogP contribution in [0.4, 0.5) is 4.39 Å². The number of hydrogen-bond acceptors (Lipinski definition) is 2. The molecule has 0 bridgehead atoms. The molecule has 1 N–H and O–H groups in total. The molecule has 4 heteroatoms. The highest BCUT2D eigenvalue weighted by molar-refractivity contribution is 5.85. The van der Waals surface area contributed by atoms with Crippen molar-refractivity contribution in [3.63, 3.8) is 0 Å². The van der Waals surface area contributed by atoms with Crippen LogP contribution in [0, 0.1) is 5.82 Å². The summed E-state index contributed by atoms with van der Waals surface area (Å²) in [5.74, 6) is 0.630. The number of ether oxygens (including phenoxy) is 1. The van der Waals surface area contributed by atoms with Crippen molar-refractivity contribution in [1.29, 1.82) is 0 Å². The third-order valence-corrected chi connectivity index (χ3v) is 4.25. The predicted octanol–water partition coefficient (Wildman–Crippen LogP) is 6.28. The first-order chi connectivity index (χ1) is 12.3. The molecular formula is C22H31ClFNO. The van der Waals surface area contributed by atoms with Gasteiger partial charge >= 0.3 is 0 Å². The Balaban J connectivity index is 0.00000338. The molecule has 2 aromatic rings. The minimum atomic E-state index is -0.220. The lowest BCUT2D eigenvalue weighted by Crippen LogP contribution is -2.14. The maximum Gasteiger partial charge on any atom is 0.123 e. The summed E-state index contributed by atoms with van der Waals surface area (Å²) in [6.07, 6.45) is 7.93. The van der Waals surface area contributed by atoms with Crippen LogP contribution in [0.2, 0.25) is 0 Å². The van der Waals surface area contributed by atoms with E-state index in [1.54, 1.807) is 12.1 Å². The molecule has 0 spiro atoms. The van der Waals surface area contributed by atoms with Crippen LogP contribution in [0.1, 0.15) is 56.6 Å². The van der Waals surface area contributed by atoms with Gasteiger partial charge in [-0.25, -0.2) is 4.39 Å². The molecule has 2 aromatic carbocycles. The summed E-state index contributed by atoms with van der Waals surface area (Å²) in [4.78, 5) is 0. The predicted molar refractivity (Wildman–Crippen MR) is 110 cm³/mol. The molecule has 0 fully saturated rings. The van der Waals surface area contributed by atoms with Crippen LogP contribution < -0.4 is 10.1 Å². The van der Waals surface area contributed by atoms with E-state index in [2.05, 4.69) is 24.4 Å². The molecule has 0 radical (unpaired) electrons. The van der Waals surface area contributed by atoms with Gasteiger partial charge in [0.2, 0.25) is 0 Å². The zero-order chi connectivity index (χ0) is 17.7. The fourth-order valence-electron chi connectivity index (χ4n) is 2.76. The summed E-state index contributed by atoms with van der Waals surface area (Å²) in [5.41, 5.74) is 2.19. The van der Waals surface area contributed by atoms with Crippen LogP contribution in [0.3, 0.4) is 0 Å². The summed E-state index contributed by atoms with van der Waals surface area (Å²) in [7, 11) is 0. The Kier molecular flexibility index (Phi) is 11.7. The van der Waals surface area contributed by atoms with Crippen molar-refractivity contribution < 1.29 is 9.13 Å². The zero-order valence-electron chi connectivity index (χ0n) is 15.7. The van der Waals surface area contributed by atoms with Crippen molar-refractivity contribution in [2.45, 2.75) is 58.6 Å². The van der Waals surface area contributed by atoms with Gasteiger partial charge in [0.15, 0.2) is 0 Å². The molecule has 0 atom stereocenters. The molecule has 0 aliphatic carbocycles. The van der Waals surface area contributed by atoms with Crippen molar-refractivity contribution in [3.8, 4) is 5.75 Å². The highest BCUT2D eigenvalue weighted by atomic mass is 35.5. The maximum atomic E-state index is 12.9. The van der Waals surface area contributed by atoms with Crippen LogP contribution in [-0.2, 0) is 13.2 Å². The second-order valence-electron chi connectivity index (χ2n) is 6.51. The van der Waals surface area contributed by atoms with E-state index in [0.717, 1.165) is 24.4 Å². The Morgan fingerprint density at radius 2 is 1.62 bits per heavy atom. The topological polar surface area (TPSA) is 21.3 Å². The molecular weight excluding hydrogens is 349 g/mol. The van der Waals surface area contributed by atoms with E-state index in [-0.39, 0.29) is 18.2 Å². The standard InChI is InChI=1S/C22H30FNO.ClH/c1-2-3-4-5-6-7-15-24-17-20-9-8-10-22(16-20)25-18-19-11-13-21(23)14-12-19;/h8-14,16,24H,2-7,15,17-18H2,1H3;1H. The Hall–Kier alpha value is -1.58. The molecule has 0 saturated carbocycles. The first kappa shape index (κ1) is 22.5. The quantitative estimate of drug-likeness (QED) is 0.438. The number of unbranched alkanes of at least 4 members (excludes halogenated alkanes) is 5. The molecule has 0 heterocycles. The van der Waals surface area contributed by atoms with Crippen molar-refractivity contribution in [3.05, 3.63) is 65.5 Å². The van der Waals surface area contributed by atoms with Gasteiger partial charge in [0, 0.05) is 6.54 Å². The van der Waals surface area contributed by atoms with E-state index < -0.39 is 0 Å². The molecule has 0 amide bonds. The molecule has 0 aliphatic rings. The number of benzene rings is 2. The minimum absolute atomic E-state index is 0. The Bertz CT molecular complexity index is 603. The van der Waals surface area contributed by atoms with Gasteiger partial charge in [0.1, 0.15) is 18.2 Å². The second-order valence-corrected chi connectivity index (χ2v) is 6.51. The minimum Gasteiger partial charge on any atom is -0.489 e. The summed E-state index contributed by atoms with van der Waals surface area (Å²) in [6, 6.07) is 14.6. The van der Waals surface area contributed by atoms with Gasteiger partial charge in [-0.05, 0) is 48.4 Å². The monoisotopic (exact) mass is 379 g/mol. The third kappa shape index (κ3) is 9.21. The number of halogens is 2. The molecule has 26 heavy (non-hydrogen) atoms. The number of hydrogen-bond donors (Lipinski definition) is 1. The van der Waals surface area contributed by atoms with Gasteiger partial charge in [-0.15, -0.1) is 12.4 Å². The molecule has 0 unspecified atom stereocenters. The average Bonchev–Trinajstić information content (AvgIpc) is 2.64. The molecule has 0 saturated heterocycles. The molecule has 0 aromatic heterocycles. The lowest BCUT2D eigenvalue weighted by molar-refractivity contribution is 0.305.